The van der Waals surface area contributed by atoms with Crippen molar-refractivity contribution in [3.05, 3.63) is 12.8 Å². The molecular weight excluding hydrogens is 591 g/mol. The van der Waals surface area contributed by atoms with E-state index < -0.39 is 5.54 Å². The number of carbonyl (C=O) groups excluding carboxylic acids is 3. The van der Waals surface area contributed by atoms with Gasteiger partial charge in [-0.2, -0.15) is 0 Å². The summed E-state index contributed by atoms with van der Waals surface area (Å²) in [6.45, 7) is 11.2. The van der Waals surface area contributed by atoms with Gasteiger partial charge < -0.3 is 35.5 Å². The summed E-state index contributed by atoms with van der Waals surface area (Å²) >= 11 is 2.27. The lowest BCUT2D eigenvalue weighted by Crippen LogP contribution is -2.54. The van der Waals surface area contributed by atoms with Gasteiger partial charge in [0, 0.05) is 43.3 Å². The minimum absolute atomic E-state index is 0.0501. The van der Waals surface area contributed by atoms with Crippen molar-refractivity contribution in [3.63, 3.8) is 0 Å². The summed E-state index contributed by atoms with van der Waals surface area (Å²) in [7, 11) is 0. The summed E-state index contributed by atoms with van der Waals surface area (Å²) in [5.41, 5.74) is -0.781. The number of amides is 3. The van der Waals surface area contributed by atoms with E-state index >= 15 is 0 Å². The average molecular weight is 641 g/mol. The molecule has 0 aromatic rings. The van der Waals surface area contributed by atoms with Crippen molar-refractivity contribution in [2.24, 2.45) is 0 Å². The molecule has 0 heterocycles. The molecule has 0 saturated carbocycles. The smallest absolute Gasteiger partial charge is 0.222 e. The highest BCUT2D eigenvalue weighted by Gasteiger charge is 2.30. The third-order valence-electron chi connectivity index (χ3n) is 5.30. The summed E-state index contributed by atoms with van der Waals surface area (Å²) in [6.07, 6.45) is 7.17. The predicted octanol–water partition coefficient (Wildman–Crippen LogP) is 2.45. The van der Waals surface area contributed by atoms with Gasteiger partial charge in [0.15, 0.2) is 0 Å². The van der Waals surface area contributed by atoms with Crippen molar-refractivity contribution >= 4 is 40.3 Å². The van der Waals surface area contributed by atoms with Crippen LogP contribution in [0.5, 0.6) is 0 Å². The lowest BCUT2D eigenvalue weighted by Gasteiger charge is -2.33. The monoisotopic (exact) mass is 640 g/mol. The highest BCUT2D eigenvalue weighted by atomic mass is 127. The zero-order chi connectivity index (χ0) is 27.6. The van der Waals surface area contributed by atoms with Gasteiger partial charge in [-0.1, -0.05) is 55.9 Å². The Labute approximate surface area is 236 Å². The summed E-state index contributed by atoms with van der Waals surface area (Å²) in [5.74, 6) is -0.153. The lowest BCUT2D eigenvalue weighted by molar-refractivity contribution is -0.122. The maximum atomic E-state index is 12.0. The molecule has 3 amide bonds. The molecule has 0 aliphatic carbocycles. The van der Waals surface area contributed by atoms with E-state index in [1.165, 1.54) is 0 Å². The number of unbranched alkanes of at least 4 members (excludes halogenated alkanes) is 2. The van der Waals surface area contributed by atoms with Crippen LogP contribution in [-0.4, -0.2) is 87.0 Å². The van der Waals surface area contributed by atoms with Crippen LogP contribution in [0.2, 0.25) is 0 Å². The van der Waals surface area contributed by atoms with Crippen LogP contribution in [0.3, 0.4) is 0 Å². The maximum Gasteiger partial charge on any atom is 0.222 e. The molecule has 0 aromatic carbocycles. The molecule has 0 aromatic heterocycles. The molecule has 0 unspecified atom stereocenters. The maximum absolute atomic E-state index is 12.0. The van der Waals surface area contributed by atoms with E-state index in [0.717, 1.165) is 36.5 Å². The SMILES string of the molecule is C=CNC(COCCC(=O)NCCCC)(COCCC(=O)NCCCC)COCCC(=O)NCCCI. The fourth-order valence-corrected chi connectivity index (χ4v) is 3.51. The van der Waals surface area contributed by atoms with Gasteiger partial charge in [-0.3, -0.25) is 14.4 Å². The number of halogens is 1. The first-order valence-electron chi connectivity index (χ1n) is 13.4. The fourth-order valence-electron chi connectivity index (χ4n) is 3.13. The van der Waals surface area contributed by atoms with E-state index in [0.29, 0.717) is 19.6 Å². The first-order valence-corrected chi connectivity index (χ1v) is 14.9. The fraction of sp³-hybridized carbons (Fsp3) is 0.808. The van der Waals surface area contributed by atoms with Gasteiger partial charge in [0.1, 0.15) is 5.54 Å². The Balaban J connectivity index is 4.76. The second kappa shape index (κ2) is 24.9. The predicted molar refractivity (Wildman–Crippen MR) is 155 cm³/mol. The van der Waals surface area contributed by atoms with Crippen LogP contribution in [0.1, 0.15) is 65.2 Å². The Bertz CT molecular complexity index is 550. The standard InChI is InChI=1S/C26H49IN4O6/c1-4-7-14-28-23(32)10-17-35-20-26(31-6-3,21-36-18-11-24(33)29-15-8-5-2)22-37-19-12-25(34)30-16-9-13-27/h6,31H,3-5,7-22H2,1-2H3,(H,28,32)(H,29,33)(H,30,34). The van der Waals surface area contributed by atoms with Crippen molar-refractivity contribution in [2.75, 3.05) is 63.7 Å². The van der Waals surface area contributed by atoms with Crippen LogP contribution >= 0.6 is 22.6 Å². The zero-order valence-corrected chi connectivity index (χ0v) is 25.0. The lowest BCUT2D eigenvalue weighted by atomic mass is 10.0. The molecule has 0 fully saturated rings. The van der Waals surface area contributed by atoms with Crippen molar-refractivity contribution in [2.45, 2.75) is 70.8 Å². The Morgan fingerprint density at radius 2 is 1.11 bits per heavy atom. The molecule has 10 nitrogen and oxygen atoms in total. The normalized spacial score (nSPS) is 11.1. The molecule has 0 atom stereocenters. The van der Waals surface area contributed by atoms with E-state index in [4.69, 9.17) is 14.2 Å². The molecule has 11 heteroatoms. The van der Waals surface area contributed by atoms with Gasteiger partial charge in [-0.25, -0.2) is 0 Å². The Kier molecular flexibility index (Phi) is 23.9. The molecule has 4 N–H and O–H groups in total. The highest BCUT2D eigenvalue weighted by Crippen LogP contribution is 2.10. The topological polar surface area (TPSA) is 127 Å². The largest absolute Gasteiger partial charge is 0.380 e. The van der Waals surface area contributed by atoms with Gasteiger partial charge in [0.05, 0.1) is 39.6 Å². The molecule has 37 heavy (non-hydrogen) atoms. The Morgan fingerprint density at radius 1 is 0.730 bits per heavy atom. The minimum Gasteiger partial charge on any atom is -0.380 e. The van der Waals surface area contributed by atoms with E-state index in [1.54, 1.807) is 6.20 Å². The van der Waals surface area contributed by atoms with E-state index in [1.807, 2.05) is 0 Å². The van der Waals surface area contributed by atoms with Crippen LogP contribution < -0.4 is 21.3 Å². The molecule has 216 valence electrons. The molecule has 0 aliphatic rings. The third kappa shape index (κ3) is 21.2. The number of carbonyl (C=O) groups is 3. The molecule has 0 aliphatic heterocycles. The number of nitrogens with one attached hydrogen (secondary N) is 4. The average Bonchev–Trinajstić information content (AvgIpc) is 2.88. The van der Waals surface area contributed by atoms with E-state index in [-0.39, 0.29) is 76.6 Å². The quantitative estimate of drug-likeness (QED) is 0.0650. The first kappa shape index (κ1) is 35.6. The Hall–Kier alpha value is -1.44. The van der Waals surface area contributed by atoms with Crippen LogP contribution in [0, 0.1) is 0 Å². The second-order valence-corrected chi connectivity index (χ2v) is 9.91. The minimum atomic E-state index is -0.781. The van der Waals surface area contributed by atoms with Gasteiger partial charge >= 0.3 is 0 Å². The van der Waals surface area contributed by atoms with Gasteiger partial charge in [0.25, 0.3) is 0 Å². The molecule has 0 bridgehead atoms. The van der Waals surface area contributed by atoms with Crippen molar-refractivity contribution in [3.8, 4) is 0 Å². The van der Waals surface area contributed by atoms with Crippen molar-refractivity contribution in [1.29, 1.82) is 0 Å². The van der Waals surface area contributed by atoms with Crippen molar-refractivity contribution < 1.29 is 28.6 Å². The van der Waals surface area contributed by atoms with Crippen LogP contribution in [0.25, 0.3) is 0 Å². The highest BCUT2D eigenvalue weighted by molar-refractivity contribution is 14.1. The van der Waals surface area contributed by atoms with E-state index in [2.05, 4.69) is 64.3 Å². The summed E-state index contributed by atoms with van der Waals surface area (Å²) in [6, 6.07) is 0. The number of hydrogen-bond donors (Lipinski definition) is 4. The summed E-state index contributed by atoms with van der Waals surface area (Å²) in [5, 5.41) is 11.8. The van der Waals surface area contributed by atoms with E-state index in [9.17, 15) is 14.4 Å². The van der Waals surface area contributed by atoms with Crippen molar-refractivity contribution in [1.82, 2.24) is 21.3 Å². The number of hydrogen-bond acceptors (Lipinski definition) is 7. The Morgan fingerprint density at radius 3 is 1.43 bits per heavy atom. The molecular formula is C26H49IN4O6. The molecule has 0 saturated heterocycles. The van der Waals surface area contributed by atoms with Gasteiger partial charge in [0.2, 0.25) is 17.7 Å². The molecule has 0 rings (SSSR count). The first-order chi connectivity index (χ1) is 17.9. The number of rotatable bonds is 26. The number of ether oxygens (including phenoxy) is 3. The van der Waals surface area contributed by atoms with Crippen LogP contribution in [-0.2, 0) is 28.6 Å². The second-order valence-electron chi connectivity index (χ2n) is 8.84. The molecule has 0 radical (unpaired) electrons. The van der Waals surface area contributed by atoms with Gasteiger partial charge in [-0.05, 0) is 25.5 Å². The zero-order valence-electron chi connectivity index (χ0n) is 22.8. The molecule has 0 spiro atoms. The third-order valence-corrected chi connectivity index (χ3v) is 6.06. The summed E-state index contributed by atoms with van der Waals surface area (Å²) in [4.78, 5) is 35.9. The number of alkyl halides is 1. The van der Waals surface area contributed by atoms with Crippen LogP contribution in [0.15, 0.2) is 12.8 Å². The van der Waals surface area contributed by atoms with Gasteiger partial charge in [-0.15, -0.1) is 0 Å². The van der Waals surface area contributed by atoms with Crippen LogP contribution in [0.4, 0.5) is 0 Å². The summed E-state index contributed by atoms with van der Waals surface area (Å²) < 4.78 is 18.5.